The standard InChI is InChI=1S/C15H14ClN3O5S/c1-9(24-15(21)12-3-2-8-18-13(12)16)14(20)19-10-4-6-11(7-5-10)25(17,22)23/h2-9H,1H3,(H,19,20)(H2,17,22,23)/t9-/m1/s1. The number of nitrogens with zero attached hydrogens (tertiary/aromatic N) is 1. The molecule has 1 atom stereocenters. The molecule has 0 aliphatic carbocycles. The van der Waals surface area contributed by atoms with Crippen molar-refractivity contribution in [2.45, 2.75) is 17.9 Å². The first-order valence-corrected chi connectivity index (χ1v) is 8.86. The topological polar surface area (TPSA) is 128 Å². The number of carbonyl (C=O) groups excluding carboxylic acids is 2. The monoisotopic (exact) mass is 383 g/mol. The summed E-state index contributed by atoms with van der Waals surface area (Å²) < 4.78 is 27.4. The van der Waals surface area contributed by atoms with Crippen molar-refractivity contribution in [2.24, 2.45) is 5.14 Å². The van der Waals surface area contributed by atoms with Crippen LogP contribution < -0.4 is 10.5 Å². The second-order valence-electron chi connectivity index (χ2n) is 4.95. The number of hydrogen-bond donors (Lipinski definition) is 2. The quantitative estimate of drug-likeness (QED) is 0.595. The average Bonchev–Trinajstić information content (AvgIpc) is 2.54. The molecule has 0 saturated heterocycles. The number of pyridine rings is 1. The van der Waals surface area contributed by atoms with Crippen LogP contribution in [0.15, 0.2) is 47.5 Å². The fourth-order valence-electron chi connectivity index (χ4n) is 1.79. The molecule has 25 heavy (non-hydrogen) atoms. The molecule has 10 heteroatoms. The number of hydrogen-bond acceptors (Lipinski definition) is 6. The SMILES string of the molecule is C[C@@H](OC(=O)c1cccnc1Cl)C(=O)Nc1ccc(S(N)(=O)=O)cc1. The Kier molecular flexibility index (Phi) is 5.73. The maximum atomic E-state index is 12.1. The summed E-state index contributed by atoms with van der Waals surface area (Å²) in [5.74, 6) is -1.39. The normalized spacial score (nSPS) is 12.3. The number of halogens is 1. The molecule has 1 aromatic carbocycles. The maximum absolute atomic E-state index is 12.1. The van der Waals surface area contributed by atoms with Crippen LogP contribution in [0.3, 0.4) is 0 Å². The summed E-state index contributed by atoms with van der Waals surface area (Å²) in [7, 11) is -3.82. The number of benzene rings is 1. The third kappa shape index (κ3) is 4.99. The van der Waals surface area contributed by atoms with Crippen molar-refractivity contribution < 1.29 is 22.7 Å². The van der Waals surface area contributed by atoms with Crippen molar-refractivity contribution in [1.82, 2.24) is 4.98 Å². The van der Waals surface area contributed by atoms with Gasteiger partial charge in [-0.25, -0.2) is 23.3 Å². The van der Waals surface area contributed by atoms with Crippen molar-refractivity contribution in [2.75, 3.05) is 5.32 Å². The summed E-state index contributed by atoms with van der Waals surface area (Å²) in [5.41, 5.74) is 0.362. The van der Waals surface area contributed by atoms with Gasteiger partial charge < -0.3 is 10.1 Å². The zero-order chi connectivity index (χ0) is 18.6. The average molecular weight is 384 g/mol. The van der Waals surface area contributed by atoms with Crippen LogP contribution in [0.4, 0.5) is 5.69 Å². The van der Waals surface area contributed by atoms with E-state index in [1.807, 2.05) is 0 Å². The van der Waals surface area contributed by atoms with E-state index in [0.717, 1.165) is 0 Å². The third-order valence-corrected chi connectivity index (χ3v) is 4.31. The van der Waals surface area contributed by atoms with Crippen molar-refractivity contribution in [1.29, 1.82) is 0 Å². The molecule has 2 aromatic rings. The number of aromatic nitrogens is 1. The summed E-state index contributed by atoms with van der Waals surface area (Å²) >= 11 is 5.79. The maximum Gasteiger partial charge on any atom is 0.342 e. The lowest BCUT2D eigenvalue weighted by Gasteiger charge is -2.14. The molecule has 2 rings (SSSR count). The number of carbonyl (C=O) groups is 2. The summed E-state index contributed by atoms with van der Waals surface area (Å²) in [4.78, 5) is 27.7. The van der Waals surface area contributed by atoms with E-state index < -0.39 is 28.0 Å². The Hall–Kier alpha value is -2.49. The number of nitrogens with two attached hydrogens (primary N) is 1. The van der Waals surface area contributed by atoms with Gasteiger partial charge in [-0.15, -0.1) is 0 Å². The molecule has 0 radical (unpaired) electrons. The van der Waals surface area contributed by atoms with Crippen molar-refractivity contribution >= 4 is 39.2 Å². The largest absolute Gasteiger partial charge is 0.449 e. The van der Waals surface area contributed by atoms with Gasteiger partial charge in [-0.05, 0) is 43.3 Å². The summed E-state index contributed by atoms with van der Waals surface area (Å²) in [5, 5.41) is 7.45. The molecule has 132 valence electrons. The highest BCUT2D eigenvalue weighted by Crippen LogP contribution is 2.15. The molecule has 0 spiro atoms. The van der Waals surface area contributed by atoms with E-state index in [2.05, 4.69) is 10.3 Å². The Labute approximate surface area is 149 Å². The molecule has 0 bridgehead atoms. The second-order valence-corrected chi connectivity index (χ2v) is 6.87. The molecule has 1 amide bonds. The minimum atomic E-state index is -3.82. The smallest absolute Gasteiger partial charge is 0.342 e. The molecule has 8 nitrogen and oxygen atoms in total. The first-order valence-electron chi connectivity index (χ1n) is 6.93. The van der Waals surface area contributed by atoms with E-state index in [0.29, 0.717) is 5.69 Å². The van der Waals surface area contributed by atoms with Gasteiger partial charge in [-0.2, -0.15) is 0 Å². The van der Waals surface area contributed by atoms with Crippen LogP contribution in [-0.4, -0.2) is 31.4 Å². The Morgan fingerprint density at radius 3 is 2.44 bits per heavy atom. The molecule has 0 unspecified atom stereocenters. The highest BCUT2D eigenvalue weighted by Gasteiger charge is 2.21. The number of ether oxygens (including phenoxy) is 1. The predicted octanol–water partition coefficient (Wildman–Crippen LogP) is 1.57. The van der Waals surface area contributed by atoms with E-state index in [1.165, 1.54) is 49.5 Å². The highest BCUT2D eigenvalue weighted by molar-refractivity contribution is 7.89. The first-order chi connectivity index (χ1) is 11.7. The molecular weight excluding hydrogens is 370 g/mol. The molecule has 0 aliphatic heterocycles. The van der Waals surface area contributed by atoms with E-state index in [9.17, 15) is 18.0 Å². The van der Waals surface area contributed by atoms with Gasteiger partial charge in [0.2, 0.25) is 10.0 Å². The highest BCUT2D eigenvalue weighted by atomic mass is 35.5. The Bertz CT molecular complexity index is 900. The lowest BCUT2D eigenvalue weighted by atomic mass is 10.2. The summed E-state index contributed by atoms with van der Waals surface area (Å²) in [6.45, 7) is 1.39. The van der Waals surface area contributed by atoms with Crippen LogP contribution >= 0.6 is 11.6 Å². The van der Waals surface area contributed by atoms with Crippen molar-refractivity contribution in [3.05, 3.63) is 53.3 Å². The van der Waals surface area contributed by atoms with E-state index in [-0.39, 0.29) is 15.6 Å². The van der Waals surface area contributed by atoms with Crippen molar-refractivity contribution in [3.63, 3.8) is 0 Å². The zero-order valence-corrected chi connectivity index (χ0v) is 14.5. The number of amides is 1. The molecule has 3 N–H and O–H groups in total. The van der Waals surface area contributed by atoms with E-state index in [1.54, 1.807) is 0 Å². The van der Waals surface area contributed by atoms with Crippen LogP contribution in [0.25, 0.3) is 0 Å². The molecule has 0 fully saturated rings. The van der Waals surface area contributed by atoms with Gasteiger partial charge in [0, 0.05) is 11.9 Å². The molecular formula is C15H14ClN3O5S. The van der Waals surface area contributed by atoms with Gasteiger partial charge in [0.05, 0.1) is 10.5 Å². The van der Waals surface area contributed by atoms with Crippen LogP contribution in [0, 0.1) is 0 Å². The van der Waals surface area contributed by atoms with Crippen LogP contribution in [0.2, 0.25) is 5.15 Å². The number of rotatable bonds is 5. The molecule has 1 aromatic heterocycles. The van der Waals surface area contributed by atoms with Gasteiger partial charge >= 0.3 is 5.97 Å². The molecule has 0 saturated carbocycles. The summed E-state index contributed by atoms with van der Waals surface area (Å²) in [6.07, 6.45) is 0.308. The van der Waals surface area contributed by atoms with Gasteiger partial charge in [-0.1, -0.05) is 11.6 Å². The van der Waals surface area contributed by atoms with Gasteiger partial charge in [0.1, 0.15) is 5.15 Å². The Balaban J connectivity index is 2.01. The number of sulfonamides is 1. The van der Waals surface area contributed by atoms with Gasteiger partial charge in [0.25, 0.3) is 5.91 Å². The van der Waals surface area contributed by atoms with Gasteiger partial charge in [-0.3, -0.25) is 4.79 Å². The van der Waals surface area contributed by atoms with Crippen LogP contribution in [0.1, 0.15) is 17.3 Å². The van der Waals surface area contributed by atoms with Crippen LogP contribution in [0.5, 0.6) is 0 Å². The Morgan fingerprint density at radius 2 is 1.88 bits per heavy atom. The lowest BCUT2D eigenvalue weighted by Crippen LogP contribution is -2.30. The minimum Gasteiger partial charge on any atom is -0.449 e. The number of esters is 1. The molecule has 1 heterocycles. The summed E-state index contributed by atoms with van der Waals surface area (Å²) in [6, 6.07) is 8.16. The zero-order valence-electron chi connectivity index (χ0n) is 13.0. The first kappa shape index (κ1) is 18.8. The number of anilines is 1. The van der Waals surface area contributed by atoms with Crippen molar-refractivity contribution in [3.8, 4) is 0 Å². The van der Waals surface area contributed by atoms with E-state index >= 15 is 0 Å². The number of primary sulfonamides is 1. The van der Waals surface area contributed by atoms with Gasteiger partial charge in [0.15, 0.2) is 6.10 Å². The Morgan fingerprint density at radius 1 is 1.24 bits per heavy atom. The fourth-order valence-corrected chi connectivity index (χ4v) is 2.50. The third-order valence-electron chi connectivity index (χ3n) is 3.08. The van der Waals surface area contributed by atoms with Crippen LogP contribution in [-0.2, 0) is 19.6 Å². The second kappa shape index (κ2) is 7.60. The lowest BCUT2D eigenvalue weighted by molar-refractivity contribution is -0.123. The minimum absolute atomic E-state index is 0.0290. The van der Waals surface area contributed by atoms with E-state index in [4.69, 9.17) is 21.5 Å². The predicted molar refractivity (Wildman–Crippen MR) is 90.6 cm³/mol. The fraction of sp³-hybridized carbons (Fsp3) is 0.133. The molecule has 0 aliphatic rings. The number of nitrogens with one attached hydrogen (secondary N) is 1.